The first-order valence-electron chi connectivity index (χ1n) is 5.57. The molecule has 3 rings (SSSR count). The molecule has 3 aromatic rings. The molecule has 0 aliphatic carbocycles. The molecule has 0 spiro atoms. The summed E-state index contributed by atoms with van der Waals surface area (Å²) in [6.45, 7) is 0. The highest BCUT2D eigenvalue weighted by atomic mass is 32.2. The first-order valence-corrected chi connectivity index (χ1v) is 8.43. The molecule has 20 heavy (non-hydrogen) atoms. The number of nitrogens with zero attached hydrogens (tertiary/aromatic N) is 3. The number of halogens is 1. The Morgan fingerprint density at radius 3 is 2.85 bits per heavy atom. The largest absolute Gasteiger partial charge is 0.398 e. The molecule has 8 heteroatoms. The van der Waals surface area contributed by atoms with Crippen molar-refractivity contribution < 1.29 is 4.39 Å². The molecule has 2 N–H and O–H groups in total. The minimum Gasteiger partial charge on any atom is -0.398 e. The maximum absolute atomic E-state index is 14.2. The standard InChI is InChI=1S/C12H9FN4S3/c1-18-11-16-17-12(20-11)19-10-7(13)5-8(14)6-3-2-4-15-9(6)10/h2-5H,14H2,1H3. The van der Waals surface area contributed by atoms with Crippen LogP contribution < -0.4 is 5.73 Å². The molecular formula is C12H9FN4S3. The van der Waals surface area contributed by atoms with Crippen molar-refractivity contribution in [2.75, 3.05) is 12.0 Å². The molecule has 0 aliphatic heterocycles. The summed E-state index contributed by atoms with van der Waals surface area (Å²) in [7, 11) is 0. The highest BCUT2D eigenvalue weighted by Crippen LogP contribution is 2.39. The number of nitrogens with two attached hydrogens (primary N) is 1. The topological polar surface area (TPSA) is 64.7 Å². The van der Waals surface area contributed by atoms with Crippen LogP contribution >= 0.6 is 34.9 Å². The van der Waals surface area contributed by atoms with Crippen LogP contribution in [-0.4, -0.2) is 21.4 Å². The lowest BCUT2D eigenvalue weighted by atomic mass is 10.2. The quantitative estimate of drug-likeness (QED) is 0.585. The number of fused-ring (bicyclic) bond motifs is 1. The number of benzene rings is 1. The van der Waals surface area contributed by atoms with Crippen LogP contribution in [-0.2, 0) is 0 Å². The van der Waals surface area contributed by atoms with Crippen LogP contribution in [0.25, 0.3) is 10.9 Å². The van der Waals surface area contributed by atoms with Gasteiger partial charge in [-0.2, -0.15) is 0 Å². The second-order valence-electron chi connectivity index (χ2n) is 3.82. The lowest BCUT2D eigenvalue weighted by Crippen LogP contribution is -1.94. The van der Waals surface area contributed by atoms with Crippen LogP contribution in [0.2, 0.25) is 0 Å². The number of aromatic nitrogens is 3. The fourth-order valence-corrected chi connectivity index (χ4v) is 4.21. The van der Waals surface area contributed by atoms with Gasteiger partial charge in [0.1, 0.15) is 5.82 Å². The molecule has 0 aliphatic rings. The number of thioether (sulfide) groups is 1. The van der Waals surface area contributed by atoms with Gasteiger partial charge in [-0.3, -0.25) is 4.98 Å². The third-order valence-corrected chi connectivity index (χ3v) is 5.63. The zero-order chi connectivity index (χ0) is 14.1. The molecule has 2 aromatic heterocycles. The molecule has 2 heterocycles. The molecular weight excluding hydrogens is 315 g/mol. The van der Waals surface area contributed by atoms with Crippen LogP contribution in [0.3, 0.4) is 0 Å². The van der Waals surface area contributed by atoms with Crippen LogP contribution in [0.1, 0.15) is 0 Å². The number of hydrogen-bond donors (Lipinski definition) is 1. The maximum Gasteiger partial charge on any atom is 0.180 e. The van der Waals surface area contributed by atoms with E-state index < -0.39 is 0 Å². The van der Waals surface area contributed by atoms with E-state index in [2.05, 4.69) is 15.2 Å². The molecule has 4 nitrogen and oxygen atoms in total. The van der Waals surface area contributed by atoms with E-state index in [1.54, 1.807) is 12.3 Å². The van der Waals surface area contributed by atoms with Crippen molar-refractivity contribution >= 4 is 51.5 Å². The number of anilines is 1. The van der Waals surface area contributed by atoms with Gasteiger partial charge in [0.25, 0.3) is 0 Å². The molecule has 0 bridgehead atoms. The van der Waals surface area contributed by atoms with E-state index in [9.17, 15) is 4.39 Å². The van der Waals surface area contributed by atoms with Gasteiger partial charge in [0.15, 0.2) is 8.68 Å². The Hall–Kier alpha value is -1.38. The van der Waals surface area contributed by atoms with Crippen molar-refractivity contribution in [3.63, 3.8) is 0 Å². The van der Waals surface area contributed by atoms with E-state index in [0.717, 1.165) is 9.73 Å². The predicted molar refractivity (Wildman–Crippen MR) is 81.9 cm³/mol. The van der Waals surface area contributed by atoms with Crippen molar-refractivity contribution in [1.82, 2.24) is 15.2 Å². The highest BCUT2D eigenvalue weighted by molar-refractivity contribution is 8.03. The summed E-state index contributed by atoms with van der Waals surface area (Å²) in [4.78, 5) is 4.67. The van der Waals surface area contributed by atoms with Crippen LogP contribution in [0.4, 0.5) is 10.1 Å². The average molecular weight is 324 g/mol. The summed E-state index contributed by atoms with van der Waals surface area (Å²) in [6, 6.07) is 4.93. The summed E-state index contributed by atoms with van der Waals surface area (Å²) in [5, 5.41) is 8.78. The van der Waals surface area contributed by atoms with Gasteiger partial charge in [-0.15, -0.1) is 10.2 Å². The first-order chi connectivity index (χ1) is 9.69. The van der Waals surface area contributed by atoms with Crippen molar-refractivity contribution in [2.24, 2.45) is 0 Å². The smallest absolute Gasteiger partial charge is 0.180 e. The number of rotatable bonds is 3. The molecule has 0 radical (unpaired) electrons. The van der Waals surface area contributed by atoms with Gasteiger partial charge in [-0.25, -0.2) is 4.39 Å². The lowest BCUT2D eigenvalue weighted by molar-refractivity contribution is 0.605. The van der Waals surface area contributed by atoms with E-state index in [1.165, 1.54) is 40.9 Å². The second-order valence-corrected chi connectivity index (χ2v) is 7.10. The van der Waals surface area contributed by atoms with E-state index in [1.807, 2.05) is 12.3 Å². The maximum atomic E-state index is 14.2. The SMILES string of the molecule is CSc1nnc(Sc2c(F)cc(N)c3cccnc23)s1. The lowest BCUT2D eigenvalue weighted by Gasteiger charge is -2.07. The molecule has 102 valence electrons. The zero-order valence-electron chi connectivity index (χ0n) is 10.3. The predicted octanol–water partition coefficient (Wildman–Crippen LogP) is 3.68. The van der Waals surface area contributed by atoms with Gasteiger partial charge in [0, 0.05) is 17.3 Å². The number of hydrogen-bond acceptors (Lipinski definition) is 7. The van der Waals surface area contributed by atoms with Crippen molar-refractivity contribution in [3.05, 3.63) is 30.2 Å². The second kappa shape index (κ2) is 5.55. The van der Waals surface area contributed by atoms with E-state index in [-0.39, 0.29) is 5.82 Å². The molecule has 1 aromatic carbocycles. The summed E-state index contributed by atoms with van der Waals surface area (Å²) in [6.07, 6.45) is 3.55. The van der Waals surface area contributed by atoms with Crippen molar-refractivity contribution in [1.29, 1.82) is 0 Å². The highest BCUT2D eigenvalue weighted by Gasteiger charge is 2.15. The average Bonchev–Trinajstić information content (AvgIpc) is 2.91. The summed E-state index contributed by atoms with van der Waals surface area (Å²) in [5.74, 6) is -0.389. The number of nitrogen functional groups attached to an aromatic ring is 1. The Kier molecular flexibility index (Phi) is 3.77. The Bertz CT molecular complexity index is 774. The fraction of sp³-hybridized carbons (Fsp3) is 0.0833. The third kappa shape index (κ3) is 2.46. The van der Waals surface area contributed by atoms with Crippen molar-refractivity contribution in [3.8, 4) is 0 Å². The Morgan fingerprint density at radius 2 is 2.10 bits per heavy atom. The summed E-state index contributed by atoms with van der Waals surface area (Å²) in [5.41, 5.74) is 6.76. The van der Waals surface area contributed by atoms with Gasteiger partial charge < -0.3 is 5.73 Å². The fourth-order valence-electron chi connectivity index (χ4n) is 1.72. The first kappa shape index (κ1) is 13.6. The Morgan fingerprint density at radius 1 is 1.30 bits per heavy atom. The van der Waals surface area contributed by atoms with Crippen molar-refractivity contribution in [2.45, 2.75) is 13.6 Å². The van der Waals surface area contributed by atoms with Gasteiger partial charge in [-0.1, -0.05) is 34.9 Å². The van der Waals surface area contributed by atoms with Gasteiger partial charge in [0.05, 0.1) is 10.4 Å². The Balaban J connectivity index is 2.10. The van der Waals surface area contributed by atoms with Crippen LogP contribution in [0, 0.1) is 5.82 Å². The molecule has 0 saturated heterocycles. The number of pyridine rings is 1. The minimum absolute atomic E-state index is 0.386. The summed E-state index contributed by atoms with van der Waals surface area (Å²) >= 11 is 4.17. The van der Waals surface area contributed by atoms with Crippen LogP contribution in [0.15, 0.2) is 38.0 Å². The van der Waals surface area contributed by atoms with E-state index in [0.29, 0.717) is 20.4 Å². The van der Waals surface area contributed by atoms with E-state index >= 15 is 0 Å². The van der Waals surface area contributed by atoms with Gasteiger partial charge in [0.2, 0.25) is 0 Å². The molecule has 0 amide bonds. The molecule has 0 saturated carbocycles. The van der Waals surface area contributed by atoms with Gasteiger partial charge >= 0.3 is 0 Å². The molecule has 0 fully saturated rings. The third-order valence-electron chi connectivity index (χ3n) is 2.58. The summed E-state index contributed by atoms with van der Waals surface area (Å²) < 4.78 is 15.7. The molecule has 0 atom stereocenters. The van der Waals surface area contributed by atoms with Gasteiger partial charge in [-0.05, 0) is 24.5 Å². The molecule has 0 unspecified atom stereocenters. The van der Waals surface area contributed by atoms with E-state index in [4.69, 9.17) is 5.73 Å². The minimum atomic E-state index is -0.389. The Labute approximate surface area is 127 Å². The van der Waals surface area contributed by atoms with Crippen LogP contribution in [0.5, 0.6) is 0 Å². The monoisotopic (exact) mass is 324 g/mol. The zero-order valence-corrected chi connectivity index (χ0v) is 12.8. The normalized spacial score (nSPS) is 11.1.